The normalized spacial score (nSPS) is 17.8. The first-order chi connectivity index (χ1) is 3.98. The van der Waals surface area contributed by atoms with E-state index in [4.69, 9.17) is 9.22 Å². The number of hydrogen-bond acceptors (Lipinski definition) is 2. The fourth-order valence-electron chi connectivity index (χ4n) is 0.102. The molecular weight excluding hydrogens is 80.0 g/mol. The van der Waals surface area contributed by atoms with Gasteiger partial charge in [0.05, 0.1) is 0 Å². The lowest BCUT2D eigenvalue weighted by Gasteiger charge is -1.80. The number of carbonyl (C=O) groups is 1. The molecule has 0 radical (unpaired) electrons. The minimum atomic E-state index is -2.54. The van der Waals surface area contributed by atoms with E-state index in [9.17, 15) is 4.79 Å². The zero-order chi connectivity index (χ0) is 7.49. The summed E-state index contributed by atoms with van der Waals surface area (Å²) >= 11 is 0. The molecule has 0 rings (SSSR count). The van der Waals surface area contributed by atoms with E-state index in [-0.39, 0.29) is 6.42 Å². The Balaban J connectivity index is 3.74. The summed E-state index contributed by atoms with van der Waals surface area (Å²) in [5.74, 6) is -0.884. The standard InChI is InChI=1S/C4H8O2/c1-4(6)2-3-5/h5H,2-3H2,1H3/i1D3. The van der Waals surface area contributed by atoms with Crippen molar-refractivity contribution < 1.29 is 14.0 Å². The molecule has 0 heterocycles. The van der Waals surface area contributed by atoms with Crippen molar-refractivity contribution in [2.24, 2.45) is 0 Å². The average molecular weight is 91.1 g/mol. The second-order valence-corrected chi connectivity index (χ2v) is 0.897. The van der Waals surface area contributed by atoms with Gasteiger partial charge in [0.1, 0.15) is 5.78 Å². The van der Waals surface area contributed by atoms with Crippen LogP contribution >= 0.6 is 0 Å². The third-order valence-electron chi connectivity index (χ3n) is 0.339. The maximum atomic E-state index is 10.3. The van der Waals surface area contributed by atoms with Crippen molar-refractivity contribution >= 4 is 5.78 Å². The molecule has 36 valence electrons. The van der Waals surface area contributed by atoms with Crippen LogP contribution in [0.5, 0.6) is 0 Å². The smallest absolute Gasteiger partial charge is 0.132 e. The maximum Gasteiger partial charge on any atom is 0.132 e. The summed E-state index contributed by atoms with van der Waals surface area (Å²) in [6.07, 6.45) is -0.281. The highest BCUT2D eigenvalue weighted by atomic mass is 16.3. The van der Waals surface area contributed by atoms with Crippen molar-refractivity contribution in [1.29, 1.82) is 0 Å². The van der Waals surface area contributed by atoms with Crippen LogP contribution in [0.3, 0.4) is 0 Å². The lowest BCUT2D eigenvalue weighted by molar-refractivity contribution is -0.117. The van der Waals surface area contributed by atoms with Crippen LogP contribution in [0.1, 0.15) is 17.4 Å². The third-order valence-corrected chi connectivity index (χ3v) is 0.339. The maximum absolute atomic E-state index is 10.3. The van der Waals surface area contributed by atoms with E-state index < -0.39 is 19.2 Å². The molecule has 0 aliphatic heterocycles. The number of Topliss-reactive ketones (excluding diaryl/α,β-unsaturated/α-hetero) is 1. The van der Waals surface area contributed by atoms with E-state index in [0.717, 1.165) is 0 Å². The van der Waals surface area contributed by atoms with Crippen molar-refractivity contribution in [2.75, 3.05) is 6.61 Å². The molecule has 2 heteroatoms. The lowest BCUT2D eigenvalue weighted by Crippen LogP contribution is -1.92. The Labute approximate surface area is 41.0 Å². The molecule has 1 N–H and O–H groups in total. The van der Waals surface area contributed by atoms with Crippen LogP contribution in [0.4, 0.5) is 0 Å². The Morgan fingerprint density at radius 1 is 2.17 bits per heavy atom. The molecule has 0 aromatic carbocycles. The van der Waals surface area contributed by atoms with E-state index >= 15 is 0 Å². The Morgan fingerprint density at radius 3 is 3.00 bits per heavy atom. The zero-order valence-electron chi connectivity index (χ0n) is 6.27. The van der Waals surface area contributed by atoms with Crippen LogP contribution in [0.2, 0.25) is 0 Å². The monoisotopic (exact) mass is 91.1 g/mol. The highest BCUT2D eigenvalue weighted by Gasteiger charge is 1.84. The van der Waals surface area contributed by atoms with E-state index in [1.165, 1.54) is 0 Å². The Morgan fingerprint density at radius 2 is 2.83 bits per heavy atom. The summed E-state index contributed by atoms with van der Waals surface area (Å²) in [4.78, 5) is 10.3. The molecule has 0 spiro atoms. The number of ketones is 1. The molecule has 0 saturated carbocycles. The second kappa shape index (κ2) is 2.85. The minimum absolute atomic E-state index is 0.281. The van der Waals surface area contributed by atoms with Crippen LogP contribution in [0, 0.1) is 0 Å². The Kier molecular flexibility index (Phi) is 0.983. The highest BCUT2D eigenvalue weighted by molar-refractivity contribution is 5.75. The summed E-state index contributed by atoms with van der Waals surface area (Å²) in [6.45, 7) is -2.93. The Hall–Kier alpha value is -0.370. The zero-order valence-corrected chi connectivity index (χ0v) is 3.27. The molecule has 2 nitrogen and oxygen atoms in total. The molecule has 0 fully saturated rings. The molecule has 0 atom stereocenters. The van der Waals surface area contributed by atoms with E-state index in [2.05, 4.69) is 0 Å². The molecule has 0 unspecified atom stereocenters. The van der Waals surface area contributed by atoms with Crippen LogP contribution in [-0.4, -0.2) is 17.5 Å². The van der Waals surface area contributed by atoms with Crippen molar-refractivity contribution in [3.05, 3.63) is 0 Å². The van der Waals surface area contributed by atoms with Crippen molar-refractivity contribution in [3.63, 3.8) is 0 Å². The molecule has 0 bridgehead atoms. The van der Waals surface area contributed by atoms with Gasteiger partial charge in [0.25, 0.3) is 0 Å². The van der Waals surface area contributed by atoms with Gasteiger partial charge in [-0.15, -0.1) is 0 Å². The van der Waals surface area contributed by atoms with E-state index in [0.29, 0.717) is 0 Å². The minimum Gasteiger partial charge on any atom is -0.396 e. The van der Waals surface area contributed by atoms with Crippen LogP contribution in [0.15, 0.2) is 0 Å². The van der Waals surface area contributed by atoms with Crippen molar-refractivity contribution in [2.45, 2.75) is 13.3 Å². The first-order valence-electron chi connectivity index (χ1n) is 3.12. The number of rotatable bonds is 2. The van der Waals surface area contributed by atoms with Gasteiger partial charge in [-0.2, -0.15) is 0 Å². The van der Waals surface area contributed by atoms with E-state index in [1.807, 2.05) is 0 Å². The van der Waals surface area contributed by atoms with Crippen LogP contribution in [-0.2, 0) is 4.79 Å². The predicted octanol–water partition coefficient (Wildman–Crippen LogP) is -0.0422. The van der Waals surface area contributed by atoms with E-state index in [1.54, 1.807) is 0 Å². The van der Waals surface area contributed by atoms with Gasteiger partial charge in [-0.25, -0.2) is 0 Å². The number of aliphatic hydroxyl groups excluding tert-OH is 1. The Bertz CT molecular complexity index is 107. The largest absolute Gasteiger partial charge is 0.396 e. The van der Waals surface area contributed by atoms with Crippen molar-refractivity contribution in [1.82, 2.24) is 0 Å². The molecule has 0 amide bonds. The van der Waals surface area contributed by atoms with Gasteiger partial charge in [0.2, 0.25) is 0 Å². The topological polar surface area (TPSA) is 37.3 Å². The molecule has 0 aliphatic rings. The highest BCUT2D eigenvalue weighted by Crippen LogP contribution is 1.74. The molecule has 0 saturated heterocycles. The molecular formula is C4H8O2. The first-order valence-corrected chi connectivity index (χ1v) is 1.62. The summed E-state index contributed by atoms with van der Waals surface area (Å²) in [7, 11) is 0. The van der Waals surface area contributed by atoms with Crippen LogP contribution < -0.4 is 0 Å². The van der Waals surface area contributed by atoms with Gasteiger partial charge in [0.15, 0.2) is 0 Å². The van der Waals surface area contributed by atoms with Crippen LogP contribution in [0.25, 0.3) is 0 Å². The molecule has 6 heavy (non-hydrogen) atoms. The molecule has 0 aromatic rings. The van der Waals surface area contributed by atoms with Gasteiger partial charge in [0, 0.05) is 17.1 Å². The SMILES string of the molecule is [2H]C([2H])([2H])C(=O)CCO. The van der Waals surface area contributed by atoms with Crippen molar-refractivity contribution in [3.8, 4) is 0 Å². The van der Waals surface area contributed by atoms with Gasteiger partial charge < -0.3 is 5.11 Å². The average Bonchev–Trinajstić information content (AvgIpc) is 1.64. The lowest BCUT2D eigenvalue weighted by atomic mass is 10.3. The summed E-state index contributed by atoms with van der Waals surface area (Å²) in [5, 5.41) is 8.13. The summed E-state index contributed by atoms with van der Waals surface area (Å²) < 4.78 is 19.5. The molecule has 0 aliphatic carbocycles. The first kappa shape index (κ1) is 2.07. The molecule has 0 aromatic heterocycles. The summed E-state index contributed by atoms with van der Waals surface area (Å²) in [5.41, 5.74) is 0. The van der Waals surface area contributed by atoms with Gasteiger partial charge in [-0.3, -0.25) is 4.79 Å². The number of hydrogen-bond donors (Lipinski definition) is 1. The summed E-state index contributed by atoms with van der Waals surface area (Å²) in [6, 6.07) is 0. The third kappa shape index (κ3) is 3.63. The number of carbonyl (C=O) groups excluding carboxylic acids is 1. The van der Waals surface area contributed by atoms with Gasteiger partial charge in [-0.05, 0) is 6.85 Å². The predicted molar refractivity (Wildman–Crippen MR) is 22.4 cm³/mol. The van der Waals surface area contributed by atoms with Gasteiger partial charge in [-0.1, -0.05) is 0 Å². The fourth-order valence-corrected chi connectivity index (χ4v) is 0.102. The van der Waals surface area contributed by atoms with Gasteiger partial charge >= 0.3 is 0 Å². The number of aliphatic hydroxyl groups is 1. The fraction of sp³-hybridized carbons (Fsp3) is 0.750. The second-order valence-electron chi connectivity index (χ2n) is 0.897. The quantitative estimate of drug-likeness (QED) is 0.517.